The van der Waals surface area contributed by atoms with E-state index >= 15 is 0 Å². The summed E-state index contributed by atoms with van der Waals surface area (Å²) in [5.74, 6) is -1.38. The lowest BCUT2D eigenvalue weighted by Crippen LogP contribution is -2.33. The van der Waals surface area contributed by atoms with E-state index in [2.05, 4.69) is 10.3 Å². The zero-order valence-electron chi connectivity index (χ0n) is 17.1. The molecule has 1 heterocycles. The Morgan fingerprint density at radius 3 is 2.47 bits per heavy atom. The normalized spacial score (nSPS) is 12.1. The van der Waals surface area contributed by atoms with E-state index in [0.29, 0.717) is 11.3 Å². The molecule has 2 aromatic rings. The van der Waals surface area contributed by atoms with Crippen molar-refractivity contribution in [1.82, 2.24) is 9.55 Å². The fourth-order valence-corrected chi connectivity index (χ4v) is 2.73. The molecule has 0 spiro atoms. The number of benzene rings is 1. The molecule has 0 bridgehead atoms. The molecular weight excluding hydrogens is 392 g/mol. The third-order valence-corrected chi connectivity index (χ3v) is 4.05. The van der Waals surface area contributed by atoms with Crippen LogP contribution in [-0.2, 0) is 9.53 Å². The van der Waals surface area contributed by atoms with E-state index in [1.165, 1.54) is 6.20 Å². The van der Waals surface area contributed by atoms with E-state index in [4.69, 9.17) is 15.3 Å². The molecule has 4 N–H and O–H groups in total. The van der Waals surface area contributed by atoms with Gasteiger partial charge in [0.15, 0.2) is 0 Å². The minimum atomic E-state index is -1.38. The molecule has 0 fully saturated rings. The Morgan fingerprint density at radius 1 is 1.23 bits per heavy atom. The highest BCUT2D eigenvalue weighted by Gasteiger charge is 2.20. The van der Waals surface area contributed by atoms with Crippen molar-refractivity contribution >= 4 is 23.5 Å². The zero-order valence-corrected chi connectivity index (χ0v) is 17.1. The van der Waals surface area contributed by atoms with Crippen molar-refractivity contribution in [2.45, 2.75) is 45.8 Å². The molecule has 1 atom stereocenters. The van der Waals surface area contributed by atoms with E-state index in [1.54, 1.807) is 52.0 Å². The summed E-state index contributed by atoms with van der Waals surface area (Å²) in [4.78, 5) is 50.0. The third-order valence-electron chi connectivity index (χ3n) is 4.05. The highest BCUT2D eigenvalue weighted by atomic mass is 16.6. The summed E-state index contributed by atoms with van der Waals surface area (Å²) >= 11 is 0. The van der Waals surface area contributed by atoms with Gasteiger partial charge in [0.25, 0.3) is 5.56 Å². The first-order valence-electron chi connectivity index (χ1n) is 9.14. The molecule has 10 heteroatoms. The highest BCUT2D eigenvalue weighted by molar-refractivity contribution is 6.34. The molecule has 1 amide bonds. The zero-order chi connectivity index (χ0) is 22.6. The van der Waals surface area contributed by atoms with Gasteiger partial charge in [0.1, 0.15) is 11.3 Å². The van der Waals surface area contributed by atoms with Gasteiger partial charge in [-0.1, -0.05) is 18.2 Å². The second-order valence-electron chi connectivity index (χ2n) is 7.72. The number of anilines is 1. The second kappa shape index (κ2) is 8.76. The van der Waals surface area contributed by atoms with Crippen molar-refractivity contribution < 1.29 is 19.4 Å². The molecule has 0 saturated heterocycles. The number of hydrogen-bond acceptors (Lipinski definition) is 6. The van der Waals surface area contributed by atoms with Crippen molar-refractivity contribution in [2.24, 2.45) is 0 Å². The first-order chi connectivity index (χ1) is 13.9. The van der Waals surface area contributed by atoms with Gasteiger partial charge in [-0.3, -0.25) is 25.1 Å². The average molecular weight is 416 g/mol. The Morgan fingerprint density at radius 2 is 1.87 bits per heavy atom. The topological polar surface area (TPSA) is 154 Å². The van der Waals surface area contributed by atoms with Crippen LogP contribution in [-0.4, -0.2) is 38.0 Å². The number of aromatic nitrogens is 2. The number of aromatic amines is 1. The molecule has 0 aliphatic heterocycles. The molecule has 10 nitrogen and oxygen atoms in total. The van der Waals surface area contributed by atoms with Crippen LogP contribution >= 0.6 is 0 Å². The maximum Gasteiger partial charge on any atom is 0.412 e. The summed E-state index contributed by atoms with van der Waals surface area (Å²) in [6.45, 7) is 6.71. The van der Waals surface area contributed by atoms with Gasteiger partial charge >= 0.3 is 17.8 Å². The van der Waals surface area contributed by atoms with Crippen LogP contribution < -0.4 is 16.6 Å². The SMILES string of the molecule is CC(CC(=N)C(=O)O)n1cc(-c2ccccc2NC(=O)OC(C)(C)C)c(=O)[nH]c1=O. The molecule has 1 aromatic carbocycles. The molecule has 0 saturated carbocycles. The Bertz CT molecular complexity index is 1090. The summed E-state index contributed by atoms with van der Waals surface area (Å²) in [6, 6.07) is 5.81. The number of carbonyl (C=O) groups excluding carboxylic acids is 1. The number of carboxylic acids is 1. The number of rotatable bonds is 6. The largest absolute Gasteiger partial charge is 0.477 e. The lowest BCUT2D eigenvalue weighted by atomic mass is 10.1. The van der Waals surface area contributed by atoms with Crippen LogP contribution in [0.15, 0.2) is 40.1 Å². The number of para-hydroxylation sites is 1. The number of ether oxygens (including phenoxy) is 1. The quantitative estimate of drug-likeness (QED) is 0.531. The minimum Gasteiger partial charge on any atom is -0.477 e. The van der Waals surface area contributed by atoms with Gasteiger partial charge in [-0.25, -0.2) is 14.4 Å². The number of nitrogens with zero attached hydrogens (tertiary/aromatic N) is 1. The van der Waals surface area contributed by atoms with Crippen LogP contribution in [0.4, 0.5) is 10.5 Å². The van der Waals surface area contributed by atoms with Crippen molar-refractivity contribution in [1.29, 1.82) is 5.41 Å². The Balaban J connectivity index is 2.46. The third kappa shape index (κ3) is 5.66. The van der Waals surface area contributed by atoms with Crippen molar-refractivity contribution in [2.75, 3.05) is 5.32 Å². The smallest absolute Gasteiger partial charge is 0.412 e. The summed E-state index contributed by atoms with van der Waals surface area (Å²) < 4.78 is 6.39. The summed E-state index contributed by atoms with van der Waals surface area (Å²) in [5, 5.41) is 19.0. The van der Waals surface area contributed by atoms with E-state index < -0.39 is 40.7 Å². The fraction of sp³-hybridized carbons (Fsp3) is 0.350. The molecular formula is C20H24N4O6. The van der Waals surface area contributed by atoms with Crippen LogP contribution in [0, 0.1) is 5.41 Å². The lowest BCUT2D eigenvalue weighted by Gasteiger charge is -2.20. The number of carbonyl (C=O) groups is 2. The predicted octanol–water partition coefficient (Wildman–Crippen LogP) is 2.61. The van der Waals surface area contributed by atoms with E-state index in [9.17, 15) is 19.2 Å². The van der Waals surface area contributed by atoms with Crippen LogP contribution in [0.25, 0.3) is 11.1 Å². The first kappa shape index (κ1) is 22.6. The van der Waals surface area contributed by atoms with Gasteiger partial charge in [0.2, 0.25) is 0 Å². The molecule has 1 unspecified atom stereocenters. The second-order valence-corrected chi connectivity index (χ2v) is 7.72. The number of aliphatic carboxylic acids is 1. The van der Waals surface area contributed by atoms with Gasteiger partial charge in [0, 0.05) is 24.2 Å². The Kier molecular flexibility index (Phi) is 6.60. The minimum absolute atomic E-state index is 0.0926. The number of nitrogens with one attached hydrogen (secondary N) is 3. The standard InChI is InChI=1S/C20H24N4O6/c1-11(9-14(21)17(26)27)24-10-13(16(25)23-18(24)28)12-7-5-6-8-15(12)22-19(29)30-20(2,3)4/h5-8,10-11,21H,9H2,1-4H3,(H,22,29)(H,26,27)(H,23,25,28). The number of amides is 1. The fourth-order valence-electron chi connectivity index (χ4n) is 2.73. The van der Waals surface area contributed by atoms with Crippen LogP contribution in [0.5, 0.6) is 0 Å². The molecule has 30 heavy (non-hydrogen) atoms. The number of carboxylic acid groups (broad SMARTS) is 1. The highest BCUT2D eigenvalue weighted by Crippen LogP contribution is 2.26. The molecule has 0 aliphatic rings. The van der Waals surface area contributed by atoms with Crippen molar-refractivity contribution in [3.8, 4) is 11.1 Å². The Labute approximate surface area is 172 Å². The lowest BCUT2D eigenvalue weighted by molar-refractivity contribution is -0.129. The summed E-state index contributed by atoms with van der Waals surface area (Å²) in [5.41, 5.74) is -1.94. The maximum absolute atomic E-state index is 12.5. The summed E-state index contributed by atoms with van der Waals surface area (Å²) in [7, 11) is 0. The van der Waals surface area contributed by atoms with Gasteiger partial charge in [-0.15, -0.1) is 0 Å². The summed E-state index contributed by atoms with van der Waals surface area (Å²) in [6.07, 6.45) is 0.373. The predicted molar refractivity (Wildman–Crippen MR) is 111 cm³/mol. The number of hydrogen-bond donors (Lipinski definition) is 4. The van der Waals surface area contributed by atoms with Crippen molar-refractivity contribution in [3.05, 3.63) is 51.3 Å². The Hall–Kier alpha value is -3.69. The first-order valence-corrected chi connectivity index (χ1v) is 9.14. The molecule has 2 rings (SSSR count). The van der Waals surface area contributed by atoms with Crippen LogP contribution in [0.2, 0.25) is 0 Å². The maximum atomic E-state index is 12.5. The molecule has 0 radical (unpaired) electrons. The molecule has 1 aromatic heterocycles. The van der Waals surface area contributed by atoms with E-state index in [-0.39, 0.29) is 12.0 Å². The van der Waals surface area contributed by atoms with Crippen LogP contribution in [0.1, 0.15) is 40.2 Å². The van der Waals surface area contributed by atoms with Gasteiger partial charge in [-0.05, 0) is 33.8 Å². The average Bonchev–Trinajstić information content (AvgIpc) is 2.60. The van der Waals surface area contributed by atoms with Crippen molar-refractivity contribution in [3.63, 3.8) is 0 Å². The van der Waals surface area contributed by atoms with Gasteiger partial charge < -0.3 is 9.84 Å². The van der Waals surface area contributed by atoms with E-state index in [0.717, 1.165) is 4.57 Å². The van der Waals surface area contributed by atoms with Gasteiger partial charge in [-0.2, -0.15) is 0 Å². The van der Waals surface area contributed by atoms with E-state index in [1.807, 2.05) is 0 Å². The molecule has 160 valence electrons. The number of H-pyrrole nitrogens is 1. The van der Waals surface area contributed by atoms with Gasteiger partial charge in [0.05, 0.1) is 11.3 Å². The van der Waals surface area contributed by atoms with Crippen LogP contribution in [0.3, 0.4) is 0 Å². The molecule has 0 aliphatic carbocycles. The monoisotopic (exact) mass is 416 g/mol.